The second-order valence-corrected chi connectivity index (χ2v) is 7.79. The first kappa shape index (κ1) is 19.6. The monoisotopic (exact) mass is 399 g/mol. The van der Waals surface area contributed by atoms with Crippen molar-refractivity contribution in [2.24, 2.45) is 0 Å². The molecule has 1 unspecified atom stereocenters. The highest BCUT2D eigenvalue weighted by atomic mass is 19.1. The number of hydrogen-bond donors (Lipinski definition) is 1. The Morgan fingerprint density at radius 2 is 1.90 bits per heavy atom. The lowest BCUT2D eigenvalue weighted by Crippen LogP contribution is -2.49. The van der Waals surface area contributed by atoms with Gasteiger partial charge in [0.2, 0.25) is 0 Å². The molecule has 6 nitrogen and oxygen atoms in total. The second kappa shape index (κ2) is 8.37. The van der Waals surface area contributed by atoms with Gasteiger partial charge in [-0.15, -0.1) is 0 Å². The van der Waals surface area contributed by atoms with Crippen molar-refractivity contribution >= 4 is 11.6 Å². The third-order valence-corrected chi connectivity index (χ3v) is 5.84. The smallest absolute Gasteiger partial charge is 0.349 e. The van der Waals surface area contributed by atoms with Crippen LogP contribution < -0.4 is 15.8 Å². The van der Waals surface area contributed by atoms with Crippen molar-refractivity contribution in [2.75, 3.05) is 44.2 Å². The van der Waals surface area contributed by atoms with Crippen molar-refractivity contribution in [1.82, 2.24) is 10.2 Å². The number of nitrogens with one attached hydrogen (secondary N) is 1. The van der Waals surface area contributed by atoms with Crippen LogP contribution in [0.15, 0.2) is 39.5 Å². The third kappa shape index (κ3) is 4.19. The number of anilines is 1. The fourth-order valence-electron chi connectivity index (χ4n) is 4.16. The molecule has 2 fully saturated rings. The van der Waals surface area contributed by atoms with Gasteiger partial charge in [0.1, 0.15) is 17.1 Å². The van der Waals surface area contributed by atoms with Gasteiger partial charge in [0.15, 0.2) is 0 Å². The van der Waals surface area contributed by atoms with Crippen molar-refractivity contribution in [1.29, 1.82) is 0 Å². The van der Waals surface area contributed by atoms with E-state index in [1.807, 2.05) is 6.07 Å². The second-order valence-electron chi connectivity index (χ2n) is 7.79. The van der Waals surface area contributed by atoms with E-state index in [9.17, 15) is 14.0 Å². The van der Waals surface area contributed by atoms with Crippen LogP contribution in [-0.2, 0) is 0 Å². The molecular formula is C22H26FN3O3. The number of hydrogen-bond acceptors (Lipinski definition) is 5. The molecule has 0 saturated carbocycles. The standard InChI is InChI=1S/C22H26FN3O3/c1-15-13-19(16-3-2-8-24-14-16)29-22(28)20(15)21(27)26-11-9-25(10-12-26)18-6-4-17(23)5-7-18/h4-7,13,16,24H,2-3,8-12,14H2,1H3. The lowest BCUT2D eigenvalue weighted by molar-refractivity contribution is 0.0740. The summed E-state index contributed by atoms with van der Waals surface area (Å²) in [7, 11) is 0. The van der Waals surface area contributed by atoms with E-state index in [0.717, 1.165) is 31.6 Å². The number of halogens is 1. The number of nitrogens with zero attached hydrogens (tertiary/aromatic N) is 2. The molecule has 3 heterocycles. The molecule has 0 spiro atoms. The molecular weight excluding hydrogens is 373 g/mol. The van der Waals surface area contributed by atoms with Crippen molar-refractivity contribution < 1.29 is 13.6 Å². The highest BCUT2D eigenvalue weighted by Gasteiger charge is 2.28. The minimum Gasteiger partial charge on any atom is -0.427 e. The van der Waals surface area contributed by atoms with Crippen LogP contribution in [0, 0.1) is 12.7 Å². The first-order valence-electron chi connectivity index (χ1n) is 10.2. The molecule has 1 aromatic carbocycles. The number of amides is 1. The Labute approximate surface area is 169 Å². The van der Waals surface area contributed by atoms with Crippen molar-refractivity contribution in [3.05, 3.63) is 63.5 Å². The van der Waals surface area contributed by atoms with Gasteiger partial charge in [-0.2, -0.15) is 0 Å². The molecule has 0 bridgehead atoms. The zero-order valence-corrected chi connectivity index (χ0v) is 16.6. The number of piperidine rings is 1. The van der Waals surface area contributed by atoms with E-state index in [1.54, 1.807) is 24.0 Å². The van der Waals surface area contributed by atoms with Crippen LogP contribution in [-0.4, -0.2) is 50.1 Å². The summed E-state index contributed by atoms with van der Waals surface area (Å²) in [4.78, 5) is 29.4. The van der Waals surface area contributed by atoms with Gasteiger partial charge in [-0.25, -0.2) is 9.18 Å². The van der Waals surface area contributed by atoms with Gasteiger partial charge in [-0.05, 0) is 62.2 Å². The number of aryl methyl sites for hydroxylation is 1. The lowest BCUT2D eigenvalue weighted by Gasteiger charge is -2.36. The molecule has 154 valence electrons. The number of piperazine rings is 1. The topological polar surface area (TPSA) is 65.8 Å². The van der Waals surface area contributed by atoms with Crippen LogP contribution in [0.2, 0.25) is 0 Å². The number of carbonyl (C=O) groups is 1. The van der Waals surface area contributed by atoms with Gasteiger partial charge < -0.3 is 19.5 Å². The van der Waals surface area contributed by atoms with Crippen molar-refractivity contribution in [3.63, 3.8) is 0 Å². The van der Waals surface area contributed by atoms with E-state index >= 15 is 0 Å². The Hall–Kier alpha value is -2.67. The lowest BCUT2D eigenvalue weighted by atomic mass is 9.95. The first-order chi connectivity index (χ1) is 14.0. The van der Waals surface area contributed by atoms with E-state index < -0.39 is 5.63 Å². The molecule has 2 aliphatic rings. The number of carbonyl (C=O) groups excluding carboxylic acids is 1. The number of benzene rings is 1. The summed E-state index contributed by atoms with van der Waals surface area (Å²) in [6.07, 6.45) is 2.03. The molecule has 4 rings (SSSR count). The Morgan fingerprint density at radius 1 is 1.17 bits per heavy atom. The normalized spacial score (nSPS) is 20.0. The SMILES string of the molecule is Cc1cc(C2CCCNC2)oc(=O)c1C(=O)N1CCN(c2ccc(F)cc2)CC1. The van der Waals surface area contributed by atoms with E-state index in [-0.39, 0.29) is 23.2 Å². The van der Waals surface area contributed by atoms with Crippen LogP contribution in [0.25, 0.3) is 0 Å². The maximum absolute atomic E-state index is 13.1. The minimum atomic E-state index is -0.545. The molecule has 29 heavy (non-hydrogen) atoms. The molecule has 1 atom stereocenters. The van der Waals surface area contributed by atoms with Gasteiger partial charge in [-0.3, -0.25) is 4.79 Å². The predicted octanol–water partition coefficient (Wildman–Crippen LogP) is 2.52. The molecule has 0 aliphatic carbocycles. The third-order valence-electron chi connectivity index (χ3n) is 5.84. The average molecular weight is 399 g/mol. The quantitative estimate of drug-likeness (QED) is 0.859. The van der Waals surface area contributed by atoms with Gasteiger partial charge in [0.05, 0.1) is 0 Å². The molecule has 1 N–H and O–H groups in total. The number of rotatable bonds is 3. The molecule has 7 heteroatoms. The zero-order valence-electron chi connectivity index (χ0n) is 16.6. The molecule has 1 aromatic heterocycles. The highest BCUT2D eigenvalue weighted by Crippen LogP contribution is 2.24. The Balaban J connectivity index is 1.46. The fraction of sp³-hybridized carbons (Fsp3) is 0.455. The van der Waals surface area contributed by atoms with E-state index in [2.05, 4.69) is 10.2 Å². The van der Waals surface area contributed by atoms with Crippen LogP contribution in [0.5, 0.6) is 0 Å². The van der Waals surface area contributed by atoms with E-state index in [4.69, 9.17) is 4.42 Å². The van der Waals surface area contributed by atoms with E-state index in [1.165, 1.54) is 12.1 Å². The Morgan fingerprint density at radius 3 is 2.52 bits per heavy atom. The molecule has 0 radical (unpaired) electrons. The minimum absolute atomic E-state index is 0.132. The van der Waals surface area contributed by atoms with Gasteiger partial charge in [0.25, 0.3) is 5.91 Å². The van der Waals surface area contributed by atoms with Crippen LogP contribution >= 0.6 is 0 Å². The first-order valence-corrected chi connectivity index (χ1v) is 10.2. The summed E-state index contributed by atoms with van der Waals surface area (Å²) in [6.45, 7) is 5.85. The molecule has 2 aromatic rings. The summed E-state index contributed by atoms with van der Waals surface area (Å²) in [5, 5.41) is 3.32. The molecule has 2 saturated heterocycles. The summed E-state index contributed by atoms with van der Waals surface area (Å²) in [5.74, 6) is 0.302. The maximum Gasteiger partial charge on any atom is 0.349 e. The predicted molar refractivity (Wildman–Crippen MR) is 109 cm³/mol. The van der Waals surface area contributed by atoms with Crippen molar-refractivity contribution in [2.45, 2.75) is 25.7 Å². The summed E-state index contributed by atoms with van der Waals surface area (Å²) in [5.41, 5.74) is 1.19. The summed E-state index contributed by atoms with van der Waals surface area (Å²) < 4.78 is 18.7. The van der Waals surface area contributed by atoms with Crippen LogP contribution in [0.4, 0.5) is 10.1 Å². The zero-order chi connectivity index (χ0) is 20.4. The van der Waals surface area contributed by atoms with Gasteiger partial charge >= 0.3 is 5.63 Å². The maximum atomic E-state index is 13.1. The average Bonchev–Trinajstić information content (AvgIpc) is 2.74. The molecule has 1 amide bonds. The highest BCUT2D eigenvalue weighted by molar-refractivity contribution is 5.95. The Bertz CT molecular complexity index is 927. The van der Waals surface area contributed by atoms with Crippen molar-refractivity contribution in [3.8, 4) is 0 Å². The Kier molecular flexibility index (Phi) is 5.67. The fourth-order valence-corrected chi connectivity index (χ4v) is 4.16. The molecule has 2 aliphatic heterocycles. The van der Waals surface area contributed by atoms with Gasteiger partial charge in [-0.1, -0.05) is 0 Å². The largest absolute Gasteiger partial charge is 0.427 e. The van der Waals surface area contributed by atoms with Gasteiger partial charge in [0, 0.05) is 44.3 Å². The van der Waals surface area contributed by atoms with Crippen LogP contribution in [0.3, 0.4) is 0 Å². The summed E-state index contributed by atoms with van der Waals surface area (Å²) >= 11 is 0. The van der Waals surface area contributed by atoms with E-state index in [0.29, 0.717) is 37.5 Å². The summed E-state index contributed by atoms with van der Waals surface area (Å²) in [6, 6.07) is 8.20. The van der Waals surface area contributed by atoms with Crippen LogP contribution in [0.1, 0.15) is 40.4 Å².